The maximum atomic E-state index is 12.7. The van der Waals surface area contributed by atoms with Gasteiger partial charge in [-0.25, -0.2) is 4.79 Å². The summed E-state index contributed by atoms with van der Waals surface area (Å²) in [6, 6.07) is 22.9. The number of carbonyl (C=O) groups is 2. The van der Waals surface area contributed by atoms with Crippen molar-refractivity contribution in [1.29, 1.82) is 0 Å². The van der Waals surface area contributed by atoms with Gasteiger partial charge < -0.3 is 19.3 Å². The molecule has 1 atom stereocenters. The van der Waals surface area contributed by atoms with Gasteiger partial charge in [0.25, 0.3) is 0 Å². The number of aryl methyl sites for hydroxylation is 1. The van der Waals surface area contributed by atoms with Crippen LogP contribution in [0, 0.1) is 6.92 Å². The molecule has 1 aliphatic heterocycles. The Bertz CT molecular complexity index is 1510. The van der Waals surface area contributed by atoms with Gasteiger partial charge in [-0.05, 0) is 43.5 Å². The standard InChI is InChI=1S/C31H30ClN3O5/c1-4-38-29(36)31(17-33-18-31)24-15-13-22(14-16-24)21-9-11-23(12-10-21)28-27(19(2)35-40-28)34-30(37)39-20(3)25-7-5-6-8-26(25)32/h5-16,20,33H,4,17-18H2,1-3H3,(H,34,37)/t20-/m1/s1. The lowest BCUT2D eigenvalue weighted by Gasteiger charge is -2.40. The molecule has 1 amide bonds. The predicted octanol–water partition coefficient (Wildman–Crippen LogP) is 6.68. The van der Waals surface area contributed by atoms with Gasteiger partial charge in [-0.1, -0.05) is 83.5 Å². The number of amides is 1. The molecule has 0 unspecified atom stereocenters. The second-order valence-electron chi connectivity index (χ2n) is 9.73. The highest BCUT2D eigenvalue weighted by atomic mass is 35.5. The Hall–Kier alpha value is -4.14. The molecule has 1 aromatic heterocycles. The van der Waals surface area contributed by atoms with Crippen LogP contribution in [0.1, 0.15) is 36.8 Å². The van der Waals surface area contributed by atoms with E-state index in [0.717, 1.165) is 22.3 Å². The minimum Gasteiger partial charge on any atom is -0.465 e. The first kappa shape index (κ1) is 27.4. The van der Waals surface area contributed by atoms with E-state index in [1.54, 1.807) is 19.9 Å². The third-order valence-corrected chi connectivity index (χ3v) is 7.50. The Balaban J connectivity index is 1.30. The average Bonchev–Trinajstić information content (AvgIpc) is 3.28. The number of hydrogen-bond acceptors (Lipinski definition) is 7. The van der Waals surface area contributed by atoms with E-state index in [1.807, 2.05) is 73.7 Å². The van der Waals surface area contributed by atoms with E-state index >= 15 is 0 Å². The Morgan fingerprint density at radius 2 is 1.65 bits per heavy atom. The fraction of sp³-hybridized carbons (Fsp3) is 0.258. The van der Waals surface area contributed by atoms with Gasteiger partial charge in [-0.3, -0.25) is 10.1 Å². The zero-order valence-electron chi connectivity index (χ0n) is 22.5. The summed E-state index contributed by atoms with van der Waals surface area (Å²) in [5, 5.41) is 10.5. The molecular formula is C31H30ClN3O5. The molecule has 8 nitrogen and oxygen atoms in total. The minimum atomic E-state index is -0.640. The normalized spacial score (nSPS) is 14.6. The van der Waals surface area contributed by atoms with Crippen LogP contribution in [0.5, 0.6) is 0 Å². The second kappa shape index (κ2) is 11.5. The highest BCUT2D eigenvalue weighted by Gasteiger charge is 2.47. The molecule has 1 aliphatic rings. The molecule has 0 spiro atoms. The SMILES string of the molecule is CCOC(=O)C1(c2ccc(-c3ccc(-c4onc(C)c4NC(=O)O[C@H](C)c4ccccc4Cl)cc3)cc2)CNC1. The first-order valence-electron chi connectivity index (χ1n) is 13.1. The van der Waals surface area contributed by atoms with Gasteiger partial charge in [0.2, 0.25) is 0 Å². The van der Waals surface area contributed by atoms with Gasteiger partial charge in [0.05, 0.1) is 6.61 Å². The Labute approximate surface area is 237 Å². The number of esters is 1. The number of nitrogens with zero attached hydrogens (tertiary/aromatic N) is 1. The summed E-state index contributed by atoms with van der Waals surface area (Å²) < 4.78 is 16.4. The molecule has 1 fully saturated rings. The molecule has 206 valence electrons. The molecule has 3 aromatic carbocycles. The number of anilines is 1. The Kier molecular flexibility index (Phi) is 7.91. The summed E-state index contributed by atoms with van der Waals surface area (Å²) in [5.74, 6) is 0.232. The van der Waals surface area contributed by atoms with Crippen molar-refractivity contribution in [3.63, 3.8) is 0 Å². The highest BCUT2D eigenvalue weighted by Crippen LogP contribution is 2.35. The molecule has 4 aromatic rings. The third-order valence-electron chi connectivity index (χ3n) is 7.15. The van der Waals surface area contributed by atoms with Gasteiger partial charge in [-0.15, -0.1) is 0 Å². The lowest BCUT2D eigenvalue weighted by atomic mass is 9.75. The second-order valence-corrected chi connectivity index (χ2v) is 10.1. The van der Waals surface area contributed by atoms with Crippen LogP contribution in [0.25, 0.3) is 22.5 Å². The van der Waals surface area contributed by atoms with Gasteiger partial charge in [-0.2, -0.15) is 0 Å². The lowest BCUT2D eigenvalue weighted by Crippen LogP contribution is -2.62. The Morgan fingerprint density at radius 3 is 2.25 bits per heavy atom. The number of ether oxygens (including phenoxy) is 2. The summed E-state index contributed by atoms with van der Waals surface area (Å²) in [4.78, 5) is 25.3. The highest BCUT2D eigenvalue weighted by molar-refractivity contribution is 6.31. The summed E-state index contributed by atoms with van der Waals surface area (Å²) in [7, 11) is 0. The maximum absolute atomic E-state index is 12.7. The summed E-state index contributed by atoms with van der Waals surface area (Å²) in [6.45, 7) is 6.82. The molecule has 0 radical (unpaired) electrons. The quantitative estimate of drug-likeness (QED) is 0.232. The fourth-order valence-corrected chi connectivity index (χ4v) is 5.07. The Morgan fingerprint density at radius 1 is 1.02 bits per heavy atom. The first-order chi connectivity index (χ1) is 19.3. The fourth-order valence-electron chi connectivity index (χ4n) is 4.78. The van der Waals surface area contributed by atoms with Gasteiger partial charge in [0.15, 0.2) is 5.76 Å². The monoisotopic (exact) mass is 559 g/mol. The van der Waals surface area contributed by atoms with Crippen molar-refractivity contribution >= 4 is 29.4 Å². The van der Waals surface area contributed by atoms with Crippen LogP contribution in [0.3, 0.4) is 0 Å². The largest absolute Gasteiger partial charge is 0.465 e. The van der Waals surface area contributed by atoms with Crippen molar-refractivity contribution in [3.8, 4) is 22.5 Å². The predicted molar refractivity (Wildman–Crippen MR) is 153 cm³/mol. The van der Waals surface area contributed by atoms with E-state index in [4.69, 9.17) is 25.6 Å². The molecular weight excluding hydrogens is 530 g/mol. The molecule has 9 heteroatoms. The van der Waals surface area contributed by atoms with E-state index in [-0.39, 0.29) is 5.97 Å². The van der Waals surface area contributed by atoms with Crippen LogP contribution >= 0.6 is 11.6 Å². The molecule has 0 aliphatic carbocycles. The summed E-state index contributed by atoms with van der Waals surface area (Å²) >= 11 is 6.24. The van der Waals surface area contributed by atoms with Crippen LogP contribution < -0.4 is 10.6 Å². The first-order valence-corrected chi connectivity index (χ1v) is 13.5. The number of rotatable bonds is 8. The summed E-state index contributed by atoms with van der Waals surface area (Å²) in [5.41, 5.74) is 4.73. The van der Waals surface area contributed by atoms with Crippen molar-refractivity contribution in [1.82, 2.24) is 10.5 Å². The van der Waals surface area contributed by atoms with Crippen molar-refractivity contribution in [3.05, 3.63) is 94.6 Å². The van der Waals surface area contributed by atoms with Crippen LogP contribution in [0.15, 0.2) is 77.3 Å². The zero-order chi connectivity index (χ0) is 28.3. The van der Waals surface area contributed by atoms with E-state index in [2.05, 4.69) is 15.8 Å². The molecule has 0 saturated carbocycles. The van der Waals surface area contributed by atoms with E-state index in [0.29, 0.717) is 47.4 Å². The third kappa shape index (κ3) is 5.33. The number of nitrogens with one attached hydrogen (secondary N) is 2. The minimum absolute atomic E-state index is 0.195. The number of carbonyl (C=O) groups excluding carboxylic acids is 2. The van der Waals surface area contributed by atoms with Crippen molar-refractivity contribution in [2.75, 3.05) is 25.0 Å². The van der Waals surface area contributed by atoms with Crippen LogP contribution in [-0.2, 0) is 19.7 Å². The number of hydrogen-bond donors (Lipinski definition) is 2. The van der Waals surface area contributed by atoms with Crippen molar-refractivity contribution in [2.45, 2.75) is 32.3 Å². The zero-order valence-corrected chi connectivity index (χ0v) is 23.2. The summed E-state index contributed by atoms with van der Waals surface area (Å²) in [6.07, 6.45) is -1.19. The molecule has 5 rings (SSSR count). The number of aromatic nitrogens is 1. The van der Waals surface area contributed by atoms with Gasteiger partial charge >= 0.3 is 12.1 Å². The maximum Gasteiger partial charge on any atom is 0.412 e. The average molecular weight is 560 g/mol. The topological polar surface area (TPSA) is 103 Å². The molecule has 1 saturated heterocycles. The van der Waals surface area contributed by atoms with Crippen LogP contribution in [0.4, 0.5) is 10.5 Å². The van der Waals surface area contributed by atoms with Crippen molar-refractivity contribution < 1.29 is 23.6 Å². The number of benzene rings is 3. The van der Waals surface area contributed by atoms with E-state index < -0.39 is 17.6 Å². The lowest BCUT2D eigenvalue weighted by molar-refractivity contribution is -0.152. The number of halogens is 1. The van der Waals surface area contributed by atoms with Crippen LogP contribution in [0.2, 0.25) is 5.02 Å². The smallest absolute Gasteiger partial charge is 0.412 e. The van der Waals surface area contributed by atoms with E-state index in [1.165, 1.54) is 0 Å². The molecule has 2 heterocycles. The van der Waals surface area contributed by atoms with E-state index in [9.17, 15) is 9.59 Å². The van der Waals surface area contributed by atoms with Crippen molar-refractivity contribution in [2.24, 2.45) is 0 Å². The van der Waals surface area contributed by atoms with Gasteiger partial charge in [0.1, 0.15) is 22.9 Å². The molecule has 0 bridgehead atoms. The van der Waals surface area contributed by atoms with Crippen LogP contribution in [-0.4, -0.2) is 36.9 Å². The van der Waals surface area contributed by atoms with Gasteiger partial charge in [0, 0.05) is 29.2 Å². The molecule has 2 N–H and O–H groups in total. The molecule has 40 heavy (non-hydrogen) atoms.